The summed E-state index contributed by atoms with van der Waals surface area (Å²) in [4.78, 5) is 12.5. The van der Waals surface area contributed by atoms with Crippen LogP contribution in [0.2, 0.25) is 0 Å². The Labute approximate surface area is 137 Å². The fraction of sp³-hybridized carbons (Fsp3) is 0.136. The molecule has 0 bridgehead atoms. The maximum absolute atomic E-state index is 12.5. The lowest BCUT2D eigenvalue weighted by Crippen LogP contribution is -2.03. The number of carbonyl (C=O) groups is 1. The third-order valence-corrected chi connectivity index (χ3v) is 4.12. The van der Waals surface area contributed by atoms with Crippen LogP contribution in [0.25, 0.3) is 11.1 Å². The second kappa shape index (κ2) is 7.06. The number of aryl methyl sites for hydroxylation is 2. The molecule has 0 aromatic heterocycles. The molecule has 3 rings (SSSR count). The van der Waals surface area contributed by atoms with E-state index in [0.717, 1.165) is 23.1 Å². The number of hydrogen-bond acceptors (Lipinski definition) is 1. The standard InChI is InChI=1S/C22H20O/c1-17-16-20(19-10-6-3-7-11-19)13-14-21(17)22(23)15-12-18-8-4-2-5-9-18/h2-11,13-14,16H,12,15H2,1H3. The van der Waals surface area contributed by atoms with E-state index in [1.807, 2.05) is 55.5 Å². The van der Waals surface area contributed by atoms with Gasteiger partial charge in [0.1, 0.15) is 0 Å². The van der Waals surface area contributed by atoms with E-state index in [-0.39, 0.29) is 5.78 Å². The maximum Gasteiger partial charge on any atom is 0.163 e. The molecule has 114 valence electrons. The summed E-state index contributed by atoms with van der Waals surface area (Å²) in [5.74, 6) is 0.214. The van der Waals surface area contributed by atoms with Crippen LogP contribution in [0.15, 0.2) is 78.9 Å². The van der Waals surface area contributed by atoms with Crippen molar-refractivity contribution in [1.29, 1.82) is 0 Å². The Morgan fingerprint density at radius 2 is 1.43 bits per heavy atom. The average Bonchev–Trinajstić information content (AvgIpc) is 2.61. The number of Topliss-reactive ketones (excluding diaryl/α,β-unsaturated/α-hetero) is 1. The monoisotopic (exact) mass is 300 g/mol. The summed E-state index contributed by atoms with van der Waals surface area (Å²) < 4.78 is 0. The van der Waals surface area contributed by atoms with E-state index in [1.165, 1.54) is 11.1 Å². The summed E-state index contributed by atoms with van der Waals surface area (Å²) >= 11 is 0. The van der Waals surface area contributed by atoms with Gasteiger partial charge in [0.25, 0.3) is 0 Å². The minimum absolute atomic E-state index is 0.214. The highest BCUT2D eigenvalue weighted by Crippen LogP contribution is 2.23. The van der Waals surface area contributed by atoms with Gasteiger partial charge in [-0.1, -0.05) is 78.9 Å². The van der Waals surface area contributed by atoms with Crippen LogP contribution in [0.5, 0.6) is 0 Å². The van der Waals surface area contributed by atoms with E-state index in [4.69, 9.17) is 0 Å². The molecule has 23 heavy (non-hydrogen) atoms. The van der Waals surface area contributed by atoms with Crippen LogP contribution >= 0.6 is 0 Å². The van der Waals surface area contributed by atoms with E-state index in [0.29, 0.717) is 6.42 Å². The van der Waals surface area contributed by atoms with Gasteiger partial charge in [-0.05, 0) is 35.6 Å². The topological polar surface area (TPSA) is 17.1 Å². The summed E-state index contributed by atoms with van der Waals surface area (Å²) in [5, 5.41) is 0. The van der Waals surface area contributed by atoms with Crippen LogP contribution < -0.4 is 0 Å². The van der Waals surface area contributed by atoms with Crippen molar-refractivity contribution in [3.05, 3.63) is 95.6 Å². The quantitative estimate of drug-likeness (QED) is 0.570. The van der Waals surface area contributed by atoms with Crippen LogP contribution in [-0.2, 0) is 6.42 Å². The van der Waals surface area contributed by atoms with E-state index in [2.05, 4.69) is 30.3 Å². The molecule has 0 unspecified atom stereocenters. The average molecular weight is 300 g/mol. The molecule has 0 radical (unpaired) electrons. The Kier molecular flexibility index (Phi) is 4.68. The molecule has 0 heterocycles. The molecule has 0 saturated heterocycles. The lowest BCUT2D eigenvalue weighted by Gasteiger charge is -2.08. The van der Waals surface area contributed by atoms with E-state index in [1.54, 1.807) is 0 Å². The lowest BCUT2D eigenvalue weighted by molar-refractivity contribution is 0.0982. The van der Waals surface area contributed by atoms with Gasteiger partial charge in [-0.3, -0.25) is 4.79 Å². The summed E-state index contributed by atoms with van der Waals surface area (Å²) in [7, 11) is 0. The Morgan fingerprint density at radius 1 is 0.783 bits per heavy atom. The van der Waals surface area contributed by atoms with Crippen LogP contribution in [0.4, 0.5) is 0 Å². The number of carbonyl (C=O) groups excluding carboxylic acids is 1. The van der Waals surface area contributed by atoms with Crippen molar-refractivity contribution in [3.8, 4) is 11.1 Å². The molecule has 0 spiro atoms. The first-order valence-electron chi connectivity index (χ1n) is 7.97. The summed E-state index contributed by atoms with van der Waals surface area (Å²) in [6, 6.07) is 26.5. The van der Waals surface area contributed by atoms with Gasteiger partial charge in [-0.25, -0.2) is 0 Å². The fourth-order valence-electron chi connectivity index (χ4n) is 2.82. The first kappa shape index (κ1) is 15.2. The van der Waals surface area contributed by atoms with Crippen molar-refractivity contribution in [2.75, 3.05) is 0 Å². The molecule has 0 amide bonds. The van der Waals surface area contributed by atoms with Gasteiger partial charge in [0.05, 0.1) is 0 Å². The highest BCUT2D eigenvalue weighted by atomic mass is 16.1. The Hall–Kier alpha value is -2.67. The molecule has 1 heteroatoms. The van der Waals surface area contributed by atoms with Crippen molar-refractivity contribution in [2.24, 2.45) is 0 Å². The molecule has 1 nitrogen and oxygen atoms in total. The molecule has 3 aromatic carbocycles. The molecule has 0 aliphatic rings. The van der Waals surface area contributed by atoms with E-state index >= 15 is 0 Å². The molecule has 0 N–H and O–H groups in total. The third kappa shape index (κ3) is 3.75. The largest absolute Gasteiger partial charge is 0.294 e. The minimum Gasteiger partial charge on any atom is -0.294 e. The molecule has 0 aliphatic carbocycles. The summed E-state index contributed by atoms with van der Waals surface area (Å²) in [5.41, 5.74) is 5.42. The van der Waals surface area contributed by atoms with Crippen LogP contribution in [0.3, 0.4) is 0 Å². The summed E-state index contributed by atoms with van der Waals surface area (Å²) in [6.07, 6.45) is 1.34. The predicted molar refractivity (Wildman–Crippen MR) is 95.7 cm³/mol. The van der Waals surface area contributed by atoms with Gasteiger partial charge >= 0.3 is 0 Å². The van der Waals surface area contributed by atoms with Crippen LogP contribution in [0, 0.1) is 6.92 Å². The van der Waals surface area contributed by atoms with Crippen molar-refractivity contribution in [1.82, 2.24) is 0 Å². The lowest BCUT2D eigenvalue weighted by atomic mass is 9.95. The second-order valence-electron chi connectivity index (χ2n) is 5.80. The predicted octanol–water partition coefficient (Wildman–Crippen LogP) is 5.48. The second-order valence-corrected chi connectivity index (χ2v) is 5.80. The van der Waals surface area contributed by atoms with Gasteiger partial charge in [-0.2, -0.15) is 0 Å². The fourth-order valence-corrected chi connectivity index (χ4v) is 2.82. The number of benzene rings is 3. The van der Waals surface area contributed by atoms with Crippen molar-refractivity contribution in [2.45, 2.75) is 19.8 Å². The summed E-state index contributed by atoms with van der Waals surface area (Å²) in [6.45, 7) is 2.02. The third-order valence-electron chi connectivity index (χ3n) is 4.12. The minimum atomic E-state index is 0.214. The normalized spacial score (nSPS) is 10.5. The number of rotatable bonds is 5. The molecule has 0 aliphatic heterocycles. The number of hydrogen-bond donors (Lipinski definition) is 0. The Bertz CT molecular complexity index is 789. The molecule has 0 fully saturated rings. The van der Waals surface area contributed by atoms with Crippen molar-refractivity contribution < 1.29 is 4.79 Å². The van der Waals surface area contributed by atoms with Gasteiger partial charge in [0, 0.05) is 12.0 Å². The zero-order valence-electron chi connectivity index (χ0n) is 13.3. The molecule has 0 saturated carbocycles. The first-order valence-corrected chi connectivity index (χ1v) is 7.97. The zero-order chi connectivity index (χ0) is 16.1. The van der Waals surface area contributed by atoms with Gasteiger partial charge in [0.2, 0.25) is 0 Å². The Morgan fingerprint density at radius 3 is 2.09 bits per heavy atom. The van der Waals surface area contributed by atoms with Gasteiger partial charge in [-0.15, -0.1) is 0 Å². The SMILES string of the molecule is Cc1cc(-c2ccccc2)ccc1C(=O)CCc1ccccc1. The van der Waals surface area contributed by atoms with E-state index < -0.39 is 0 Å². The molecular weight excluding hydrogens is 280 g/mol. The molecular formula is C22H20O. The highest BCUT2D eigenvalue weighted by molar-refractivity contribution is 5.98. The van der Waals surface area contributed by atoms with Gasteiger partial charge in [0.15, 0.2) is 5.78 Å². The first-order chi connectivity index (χ1) is 11.2. The van der Waals surface area contributed by atoms with Crippen molar-refractivity contribution in [3.63, 3.8) is 0 Å². The van der Waals surface area contributed by atoms with Crippen LogP contribution in [0.1, 0.15) is 27.9 Å². The molecule has 3 aromatic rings. The van der Waals surface area contributed by atoms with Gasteiger partial charge < -0.3 is 0 Å². The number of ketones is 1. The molecule has 0 atom stereocenters. The zero-order valence-corrected chi connectivity index (χ0v) is 13.3. The maximum atomic E-state index is 12.5. The Balaban J connectivity index is 1.74. The van der Waals surface area contributed by atoms with E-state index in [9.17, 15) is 4.79 Å². The van der Waals surface area contributed by atoms with Crippen LogP contribution in [-0.4, -0.2) is 5.78 Å². The highest BCUT2D eigenvalue weighted by Gasteiger charge is 2.10. The smallest absolute Gasteiger partial charge is 0.163 e. The van der Waals surface area contributed by atoms with Crippen molar-refractivity contribution >= 4 is 5.78 Å².